The number of carbonyl (C=O) groups excluding carboxylic acids is 2. The van der Waals surface area contributed by atoms with E-state index in [0.29, 0.717) is 24.0 Å². The molecule has 3 atom stereocenters. The van der Waals surface area contributed by atoms with Gasteiger partial charge in [0.05, 0.1) is 0 Å². The van der Waals surface area contributed by atoms with E-state index in [4.69, 9.17) is 4.74 Å². The number of rotatable bonds is 1. The van der Waals surface area contributed by atoms with Crippen molar-refractivity contribution in [3.63, 3.8) is 0 Å². The maximum absolute atomic E-state index is 11.7. The molecule has 0 aromatic carbocycles. The molecule has 2 aliphatic carbocycles. The van der Waals surface area contributed by atoms with Gasteiger partial charge in [0.15, 0.2) is 0 Å². The molecule has 4 nitrogen and oxygen atoms in total. The number of Topliss-reactive ketones (excluding diaryl/α,β-unsaturated/α-hetero) is 1. The first-order valence-corrected chi connectivity index (χ1v) is 6.85. The largest absolute Gasteiger partial charge is 0.444 e. The molecular formula is C14H23NO3. The molecule has 0 unspecified atom stereocenters. The quantitative estimate of drug-likeness (QED) is 0.781. The van der Waals surface area contributed by atoms with Gasteiger partial charge in [-0.1, -0.05) is 0 Å². The number of fused-ring (bicyclic) bond motifs is 1. The van der Waals surface area contributed by atoms with Gasteiger partial charge < -0.3 is 10.1 Å². The molecule has 1 N–H and O–H groups in total. The second-order valence-corrected chi connectivity index (χ2v) is 6.62. The van der Waals surface area contributed by atoms with E-state index in [9.17, 15) is 9.59 Å². The van der Waals surface area contributed by atoms with Crippen LogP contribution < -0.4 is 5.32 Å². The van der Waals surface area contributed by atoms with Crippen molar-refractivity contribution < 1.29 is 14.3 Å². The van der Waals surface area contributed by atoms with Crippen LogP contribution in [-0.4, -0.2) is 23.5 Å². The minimum atomic E-state index is -0.453. The summed E-state index contributed by atoms with van der Waals surface area (Å²) < 4.78 is 5.26. The fourth-order valence-corrected chi connectivity index (χ4v) is 3.15. The maximum atomic E-state index is 11.7. The lowest BCUT2D eigenvalue weighted by Gasteiger charge is -2.23. The Morgan fingerprint density at radius 2 is 1.94 bits per heavy atom. The molecule has 0 aliphatic heterocycles. The molecular weight excluding hydrogens is 230 g/mol. The van der Waals surface area contributed by atoms with Crippen LogP contribution in [0.4, 0.5) is 4.79 Å². The van der Waals surface area contributed by atoms with Crippen LogP contribution >= 0.6 is 0 Å². The monoisotopic (exact) mass is 253 g/mol. The second-order valence-electron chi connectivity index (χ2n) is 6.62. The van der Waals surface area contributed by atoms with Gasteiger partial charge in [0, 0.05) is 18.9 Å². The normalized spacial score (nSPS) is 31.9. The Hall–Kier alpha value is -1.06. The summed E-state index contributed by atoms with van der Waals surface area (Å²) in [7, 11) is 0. The van der Waals surface area contributed by atoms with Crippen molar-refractivity contribution in [2.75, 3.05) is 0 Å². The number of carbonyl (C=O) groups is 2. The number of amides is 1. The molecule has 2 rings (SSSR count). The van der Waals surface area contributed by atoms with E-state index in [1.165, 1.54) is 0 Å². The SMILES string of the molecule is CC(C)(C)OC(=O)N[C@@H]1C[C@H]2CCC(=O)C[C@H]2C1. The first-order chi connectivity index (χ1) is 8.33. The van der Waals surface area contributed by atoms with Gasteiger partial charge in [-0.2, -0.15) is 0 Å². The zero-order valence-corrected chi connectivity index (χ0v) is 11.5. The minimum Gasteiger partial charge on any atom is -0.444 e. The van der Waals surface area contributed by atoms with Crippen molar-refractivity contribution in [2.45, 2.75) is 64.5 Å². The number of ketones is 1. The van der Waals surface area contributed by atoms with Crippen LogP contribution in [-0.2, 0) is 9.53 Å². The predicted molar refractivity (Wildman–Crippen MR) is 68.2 cm³/mol. The Kier molecular flexibility index (Phi) is 3.64. The van der Waals surface area contributed by atoms with E-state index < -0.39 is 5.60 Å². The third-order valence-corrected chi connectivity index (χ3v) is 3.85. The Balaban J connectivity index is 1.82. The molecule has 2 aliphatic rings. The van der Waals surface area contributed by atoms with E-state index in [2.05, 4.69) is 5.32 Å². The Morgan fingerprint density at radius 1 is 1.28 bits per heavy atom. The summed E-state index contributed by atoms with van der Waals surface area (Å²) in [6.07, 6.45) is 4.01. The van der Waals surface area contributed by atoms with Crippen molar-refractivity contribution in [3.8, 4) is 0 Å². The van der Waals surface area contributed by atoms with Gasteiger partial charge in [0.1, 0.15) is 11.4 Å². The lowest BCUT2D eigenvalue weighted by Crippen LogP contribution is -2.38. The van der Waals surface area contributed by atoms with E-state index in [1.54, 1.807) is 0 Å². The summed E-state index contributed by atoms with van der Waals surface area (Å²) in [4.78, 5) is 23.1. The third kappa shape index (κ3) is 3.47. The van der Waals surface area contributed by atoms with Crippen LogP contribution in [0.1, 0.15) is 52.9 Å². The Bertz CT molecular complexity index is 345. The molecule has 0 spiro atoms. The van der Waals surface area contributed by atoms with Gasteiger partial charge >= 0.3 is 6.09 Å². The molecule has 0 radical (unpaired) electrons. The smallest absolute Gasteiger partial charge is 0.407 e. The summed E-state index contributed by atoms with van der Waals surface area (Å²) in [6, 6.07) is 0.181. The van der Waals surface area contributed by atoms with Crippen molar-refractivity contribution in [3.05, 3.63) is 0 Å². The van der Waals surface area contributed by atoms with E-state index in [-0.39, 0.29) is 12.1 Å². The number of nitrogens with one attached hydrogen (secondary N) is 1. The predicted octanol–water partition coefficient (Wildman–Crippen LogP) is 2.66. The van der Waals surface area contributed by atoms with Gasteiger partial charge in [0.25, 0.3) is 0 Å². The van der Waals surface area contributed by atoms with Crippen LogP contribution in [0, 0.1) is 11.8 Å². The molecule has 2 saturated carbocycles. The van der Waals surface area contributed by atoms with Crippen LogP contribution in [0.2, 0.25) is 0 Å². The molecule has 0 aromatic heterocycles. The number of alkyl carbamates (subject to hydrolysis) is 1. The van der Waals surface area contributed by atoms with Gasteiger partial charge in [-0.3, -0.25) is 4.79 Å². The lowest BCUT2D eigenvalue weighted by atomic mass is 9.81. The topological polar surface area (TPSA) is 55.4 Å². The molecule has 4 heteroatoms. The fourth-order valence-electron chi connectivity index (χ4n) is 3.15. The van der Waals surface area contributed by atoms with E-state index in [0.717, 1.165) is 25.7 Å². The van der Waals surface area contributed by atoms with Crippen LogP contribution in [0.5, 0.6) is 0 Å². The zero-order valence-electron chi connectivity index (χ0n) is 11.5. The molecule has 0 aromatic rings. The van der Waals surface area contributed by atoms with E-state index in [1.807, 2.05) is 20.8 Å². The molecule has 0 heterocycles. The number of hydrogen-bond donors (Lipinski definition) is 1. The number of ether oxygens (including phenoxy) is 1. The maximum Gasteiger partial charge on any atom is 0.407 e. The zero-order chi connectivity index (χ0) is 13.3. The van der Waals surface area contributed by atoms with Crippen molar-refractivity contribution >= 4 is 11.9 Å². The lowest BCUT2D eigenvalue weighted by molar-refractivity contribution is -0.122. The van der Waals surface area contributed by atoms with Crippen molar-refractivity contribution in [1.29, 1.82) is 0 Å². The summed E-state index contributed by atoms with van der Waals surface area (Å²) in [5.41, 5.74) is -0.453. The van der Waals surface area contributed by atoms with Crippen LogP contribution in [0.15, 0.2) is 0 Å². The summed E-state index contributed by atoms with van der Waals surface area (Å²) in [5.74, 6) is 1.47. The van der Waals surface area contributed by atoms with E-state index >= 15 is 0 Å². The molecule has 2 fully saturated rings. The van der Waals surface area contributed by atoms with Gasteiger partial charge in [-0.25, -0.2) is 4.79 Å². The van der Waals surface area contributed by atoms with Gasteiger partial charge in [0.2, 0.25) is 0 Å². The average Bonchev–Trinajstić information content (AvgIpc) is 2.55. The van der Waals surface area contributed by atoms with Crippen LogP contribution in [0.3, 0.4) is 0 Å². The average molecular weight is 253 g/mol. The summed E-state index contributed by atoms with van der Waals surface area (Å²) in [5, 5.41) is 2.93. The molecule has 18 heavy (non-hydrogen) atoms. The Morgan fingerprint density at radius 3 is 2.61 bits per heavy atom. The van der Waals surface area contributed by atoms with Crippen molar-refractivity contribution in [2.24, 2.45) is 11.8 Å². The minimum absolute atomic E-state index is 0.181. The van der Waals surface area contributed by atoms with Gasteiger partial charge in [-0.05, 0) is 51.9 Å². The Labute approximate surface area is 108 Å². The first kappa shape index (κ1) is 13.4. The molecule has 1 amide bonds. The molecule has 102 valence electrons. The summed E-state index contributed by atoms with van der Waals surface area (Å²) in [6.45, 7) is 5.58. The molecule has 0 bridgehead atoms. The third-order valence-electron chi connectivity index (χ3n) is 3.85. The highest BCUT2D eigenvalue weighted by Gasteiger charge is 2.39. The van der Waals surface area contributed by atoms with Gasteiger partial charge in [-0.15, -0.1) is 0 Å². The van der Waals surface area contributed by atoms with Crippen molar-refractivity contribution in [1.82, 2.24) is 5.32 Å². The summed E-state index contributed by atoms with van der Waals surface area (Å²) >= 11 is 0. The highest BCUT2D eigenvalue weighted by Crippen LogP contribution is 2.41. The highest BCUT2D eigenvalue weighted by molar-refractivity contribution is 5.79. The highest BCUT2D eigenvalue weighted by atomic mass is 16.6. The molecule has 0 saturated heterocycles. The fraction of sp³-hybridized carbons (Fsp3) is 0.857. The second kappa shape index (κ2) is 4.90. The van der Waals surface area contributed by atoms with Crippen LogP contribution in [0.25, 0.3) is 0 Å². The standard InChI is InChI=1S/C14H23NO3/c1-14(2,3)18-13(17)15-11-6-9-4-5-12(16)8-10(9)7-11/h9-11H,4-8H2,1-3H3,(H,15,17)/t9-,10-,11-/m1/s1. The first-order valence-electron chi connectivity index (χ1n) is 6.85. The number of hydrogen-bond acceptors (Lipinski definition) is 3.